The zero-order valence-electron chi connectivity index (χ0n) is 35.3. The molecule has 1 aromatic heterocycles. The molecule has 2 atom stereocenters. The number of rotatable bonds is 19. The van der Waals surface area contributed by atoms with Crippen molar-refractivity contribution >= 4 is 33.4 Å². The monoisotopic (exact) mass is 877 g/mol. The van der Waals surface area contributed by atoms with Gasteiger partial charge in [-0.15, -0.1) is 0 Å². The summed E-state index contributed by atoms with van der Waals surface area (Å²) in [6.07, 6.45) is 7.52. The molecular weight excluding hydrogens is 822 g/mol. The average Bonchev–Trinajstić information content (AvgIpc) is 3.59. The van der Waals surface area contributed by atoms with Crippen LogP contribution in [0, 0.1) is 13.8 Å². The van der Waals surface area contributed by atoms with Crippen LogP contribution < -0.4 is 14.2 Å². The fourth-order valence-electron chi connectivity index (χ4n) is 8.11. The molecule has 0 amide bonds. The second kappa shape index (κ2) is 20.4. The lowest BCUT2D eigenvalue weighted by Gasteiger charge is -2.33. The maximum absolute atomic E-state index is 12.2. The molecule has 0 saturated carbocycles. The molecule has 6 rings (SSSR count). The zero-order chi connectivity index (χ0) is 43.7. The fraction of sp³-hybridized carbons (Fsp3) is 0.457. The summed E-state index contributed by atoms with van der Waals surface area (Å²) in [4.78, 5) is 32.3. The third kappa shape index (κ3) is 12.0. The number of benzene rings is 3. The highest BCUT2D eigenvalue weighted by atomic mass is 35.5. The molecule has 13 nitrogen and oxygen atoms in total. The van der Waals surface area contributed by atoms with E-state index in [9.17, 15) is 28.2 Å². The fourth-order valence-corrected chi connectivity index (χ4v) is 8.96. The highest BCUT2D eigenvalue weighted by Gasteiger charge is 2.38. The first-order chi connectivity index (χ1) is 29.1. The number of β-amino-alcohol motifs (C(OH)–C–C–N with tert-alkyl or cyclic N) is 1. The van der Waals surface area contributed by atoms with Crippen LogP contribution in [0.25, 0.3) is 11.1 Å². The predicted molar refractivity (Wildman–Crippen MR) is 232 cm³/mol. The molecule has 4 aromatic rings. The number of piperidine rings is 1. The summed E-state index contributed by atoms with van der Waals surface area (Å²) in [6, 6.07) is 16.4. The number of carboxylic acids is 1. The zero-order valence-corrected chi connectivity index (χ0v) is 36.9. The Bertz CT molecular complexity index is 2310. The van der Waals surface area contributed by atoms with E-state index in [2.05, 4.69) is 28.9 Å². The Hall–Kier alpha value is -4.73. The van der Waals surface area contributed by atoms with E-state index >= 15 is 0 Å². The summed E-state index contributed by atoms with van der Waals surface area (Å²) in [5.41, 5.74) is 5.22. The standard InChI is InChI=1S/C46H56ClN3O10S/c1-5-57-44(51)24-46(54)16-19-49(30-46)17-10-20-58-41-15-9-13-38(32(41)3)37-12-8-11-34(31(37)2)29-60-43-23-42(59-28-33-21-36(26-48-25-33)61(4,55)56)35(22-39(43)47)27-50-18-7-6-14-40(50)45(52)53/h8-9,11-13,15,21-23,25-26,40,54H,5-7,10,14,16-20,24,27-30H2,1-4H3,(H,52,53)/t40-,46?/m0/s1. The van der Waals surface area contributed by atoms with Crippen molar-refractivity contribution < 1.29 is 47.2 Å². The minimum absolute atomic E-state index is 0.00593. The van der Waals surface area contributed by atoms with E-state index in [-0.39, 0.29) is 30.5 Å². The first kappa shape index (κ1) is 45.8. The Morgan fingerprint density at radius 2 is 1.67 bits per heavy atom. The normalized spacial score (nSPS) is 18.5. The quantitative estimate of drug-likeness (QED) is 0.0720. The number of carbonyl (C=O) groups is 2. The Labute approximate surface area is 363 Å². The van der Waals surface area contributed by atoms with Crippen molar-refractivity contribution in [3.05, 3.63) is 99.8 Å². The Kier molecular flexibility index (Phi) is 15.3. The third-order valence-corrected chi connectivity index (χ3v) is 12.8. The first-order valence-electron chi connectivity index (χ1n) is 20.7. The van der Waals surface area contributed by atoms with E-state index in [1.54, 1.807) is 25.3 Å². The van der Waals surface area contributed by atoms with Crippen LogP contribution in [0.4, 0.5) is 0 Å². The summed E-state index contributed by atoms with van der Waals surface area (Å²) in [5.74, 6) is 0.363. The van der Waals surface area contributed by atoms with Crippen LogP contribution in [0.1, 0.15) is 73.3 Å². The van der Waals surface area contributed by atoms with Crippen LogP contribution in [0.15, 0.2) is 71.9 Å². The highest BCUT2D eigenvalue weighted by molar-refractivity contribution is 7.90. The number of aliphatic carboxylic acids is 1. The van der Waals surface area contributed by atoms with Crippen molar-refractivity contribution in [2.75, 3.05) is 45.6 Å². The molecule has 2 fully saturated rings. The van der Waals surface area contributed by atoms with Gasteiger partial charge in [0.2, 0.25) is 0 Å². The van der Waals surface area contributed by atoms with Crippen molar-refractivity contribution in [3.8, 4) is 28.4 Å². The van der Waals surface area contributed by atoms with Crippen LogP contribution in [-0.2, 0) is 43.9 Å². The lowest BCUT2D eigenvalue weighted by Crippen LogP contribution is -2.44. The molecule has 1 unspecified atom stereocenters. The molecule has 2 aliphatic heterocycles. The molecule has 0 radical (unpaired) electrons. The number of aliphatic hydroxyl groups is 1. The van der Waals surface area contributed by atoms with E-state index < -0.39 is 27.4 Å². The second-order valence-electron chi connectivity index (χ2n) is 16.0. The summed E-state index contributed by atoms with van der Waals surface area (Å²) in [5, 5.41) is 21.2. The molecule has 0 bridgehead atoms. The minimum Gasteiger partial charge on any atom is -0.493 e. The maximum atomic E-state index is 12.2. The summed E-state index contributed by atoms with van der Waals surface area (Å²) in [7, 11) is -3.48. The SMILES string of the molecule is CCOC(=O)CC1(O)CCN(CCCOc2cccc(-c3cccc(COc4cc(OCc5cncc(S(C)(=O)=O)c5)c(CN5CCCC[C@H]5C(=O)O)cc4Cl)c3C)c2C)C1. The van der Waals surface area contributed by atoms with E-state index in [0.717, 1.165) is 65.6 Å². The molecule has 3 aromatic carbocycles. The largest absolute Gasteiger partial charge is 0.493 e. The van der Waals surface area contributed by atoms with Crippen molar-refractivity contribution in [3.63, 3.8) is 0 Å². The Balaban J connectivity index is 1.14. The van der Waals surface area contributed by atoms with Gasteiger partial charge in [0.05, 0.1) is 35.2 Å². The van der Waals surface area contributed by atoms with Crippen molar-refractivity contribution in [2.45, 2.75) is 95.6 Å². The highest BCUT2D eigenvalue weighted by Crippen LogP contribution is 2.38. The second-order valence-corrected chi connectivity index (χ2v) is 18.5. The van der Waals surface area contributed by atoms with Crippen LogP contribution in [0.3, 0.4) is 0 Å². The van der Waals surface area contributed by atoms with Crippen molar-refractivity contribution in [2.24, 2.45) is 0 Å². The number of nitrogens with zero attached hydrogens (tertiary/aromatic N) is 3. The molecule has 2 aliphatic rings. The van der Waals surface area contributed by atoms with Crippen molar-refractivity contribution in [1.29, 1.82) is 0 Å². The summed E-state index contributed by atoms with van der Waals surface area (Å²) < 4.78 is 48.4. The van der Waals surface area contributed by atoms with Gasteiger partial charge in [-0.1, -0.05) is 48.4 Å². The number of hydrogen-bond donors (Lipinski definition) is 2. The van der Waals surface area contributed by atoms with Crippen LogP contribution in [0.5, 0.6) is 17.2 Å². The minimum atomic E-state index is -3.48. The molecule has 0 spiro atoms. The Morgan fingerprint density at radius 1 is 0.918 bits per heavy atom. The molecule has 3 heterocycles. The summed E-state index contributed by atoms with van der Waals surface area (Å²) >= 11 is 6.87. The van der Waals surface area contributed by atoms with E-state index in [1.165, 1.54) is 12.3 Å². The van der Waals surface area contributed by atoms with E-state index in [1.807, 2.05) is 36.1 Å². The summed E-state index contributed by atoms with van der Waals surface area (Å²) in [6.45, 7) is 9.65. The van der Waals surface area contributed by atoms with Crippen LogP contribution >= 0.6 is 11.6 Å². The van der Waals surface area contributed by atoms with E-state index in [4.69, 9.17) is 30.5 Å². The third-order valence-electron chi connectivity index (χ3n) is 11.4. The van der Waals surface area contributed by atoms with Gasteiger partial charge in [0.1, 0.15) is 36.5 Å². The van der Waals surface area contributed by atoms with Gasteiger partial charge in [-0.3, -0.25) is 19.5 Å². The number of carbonyl (C=O) groups excluding carboxylic acids is 1. The molecular formula is C46H56ClN3O10S. The van der Waals surface area contributed by atoms with Gasteiger partial charge in [0, 0.05) is 62.0 Å². The van der Waals surface area contributed by atoms with Gasteiger partial charge in [0.25, 0.3) is 0 Å². The number of sulfone groups is 1. The maximum Gasteiger partial charge on any atom is 0.320 e. The molecule has 2 N–H and O–H groups in total. The van der Waals surface area contributed by atoms with Gasteiger partial charge >= 0.3 is 11.9 Å². The van der Waals surface area contributed by atoms with Gasteiger partial charge in [-0.2, -0.15) is 0 Å². The molecule has 2 saturated heterocycles. The lowest BCUT2D eigenvalue weighted by molar-refractivity contribution is -0.148. The van der Waals surface area contributed by atoms with Gasteiger partial charge in [-0.05, 0) is 99.0 Å². The molecule has 61 heavy (non-hydrogen) atoms. The first-order valence-corrected chi connectivity index (χ1v) is 23.0. The number of hydrogen-bond acceptors (Lipinski definition) is 12. The number of esters is 1. The Morgan fingerprint density at radius 3 is 2.43 bits per heavy atom. The molecule has 328 valence electrons. The van der Waals surface area contributed by atoms with Gasteiger partial charge in [-0.25, -0.2) is 8.42 Å². The number of likely N-dealkylation sites (tertiary alicyclic amines) is 2. The van der Waals surface area contributed by atoms with Gasteiger partial charge < -0.3 is 34.1 Å². The van der Waals surface area contributed by atoms with E-state index in [0.29, 0.717) is 79.9 Å². The van der Waals surface area contributed by atoms with Crippen molar-refractivity contribution in [1.82, 2.24) is 14.8 Å². The average molecular weight is 878 g/mol. The smallest absolute Gasteiger partial charge is 0.320 e. The lowest BCUT2D eigenvalue weighted by atomic mass is 9.93. The number of ether oxygens (including phenoxy) is 4. The number of aromatic nitrogens is 1. The molecule has 0 aliphatic carbocycles. The predicted octanol–water partition coefficient (Wildman–Crippen LogP) is 7.18. The molecule has 15 heteroatoms. The number of halogens is 1. The number of carboxylic acid groups (broad SMARTS) is 1. The van der Waals surface area contributed by atoms with Gasteiger partial charge in [0.15, 0.2) is 9.84 Å². The van der Waals surface area contributed by atoms with Crippen LogP contribution in [0.2, 0.25) is 5.02 Å². The number of pyridine rings is 1. The van der Waals surface area contributed by atoms with Crippen LogP contribution in [-0.4, -0.2) is 103 Å². The topological polar surface area (TPSA) is 165 Å².